The summed E-state index contributed by atoms with van der Waals surface area (Å²) in [5.41, 5.74) is 6.20. The third-order valence-corrected chi connectivity index (χ3v) is 11.1. The van der Waals surface area contributed by atoms with Gasteiger partial charge in [0.1, 0.15) is 24.2 Å². The van der Waals surface area contributed by atoms with Crippen LogP contribution in [0.3, 0.4) is 0 Å². The number of rotatable bonds is 9. The summed E-state index contributed by atoms with van der Waals surface area (Å²) in [7, 11) is 2.13. The van der Waals surface area contributed by atoms with Crippen molar-refractivity contribution in [2.45, 2.75) is 68.7 Å². The van der Waals surface area contributed by atoms with E-state index in [1.165, 1.54) is 22.3 Å². The van der Waals surface area contributed by atoms with Crippen molar-refractivity contribution in [1.82, 2.24) is 14.7 Å². The normalized spacial score (nSPS) is 24.4. The van der Waals surface area contributed by atoms with E-state index in [-0.39, 0.29) is 66.5 Å². The highest BCUT2D eigenvalue weighted by atomic mass is 79.9. The lowest BCUT2D eigenvalue weighted by molar-refractivity contribution is -0.156. The molecule has 2 bridgehead atoms. The van der Waals surface area contributed by atoms with Crippen molar-refractivity contribution in [3.05, 3.63) is 142 Å². The minimum Gasteiger partial charge on any atom is -0.462 e. The summed E-state index contributed by atoms with van der Waals surface area (Å²) in [6, 6.07) is 38.3. The maximum Gasteiger partial charge on any atom is 0.316 e. The summed E-state index contributed by atoms with van der Waals surface area (Å²) in [6.45, 7) is 7.28. The van der Waals surface area contributed by atoms with Crippen molar-refractivity contribution >= 4 is 59.4 Å². The molecule has 4 aromatic carbocycles. The molecule has 4 aliphatic rings. The van der Waals surface area contributed by atoms with Gasteiger partial charge < -0.3 is 14.6 Å². The van der Waals surface area contributed by atoms with Gasteiger partial charge in [0.05, 0.1) is 12.6 Å². The first-order valence-electron chi connectivity index (χ1n) is 17.9. The number of carbonyl (C=O) groups excluding carboxylic acids is 1. The van der Waals surface area contributed by atoms with Crippen LogP contribution in [0.5, 0.6) is 0 Å². The Labute approximate surface area is 342 Å². The Morgan fingerprint density at radius 2 is 1.38 bits per heavy atom. The highest BCUT2D eigenvalue weighted by Crippen LogP contribution is 2.48. The fourth-order valence-corrected chi connectivity index (χ4v) is 8.31. The monoisotopic (exact) mass is 845 g/mol. The molecule has 4 aromatic rings. The lowest BCUT2D eigenvalue weighted by Crippen LogP contribution is -2.48. The SMILES string of the molecule is Br.CN1C2CC(OC(=O)[C@H](CO)c3ccccc3)CC1[C@H]1O[C@H]21.Cc1cccc(CN2CCN(C(c3ccccc3)c3ccc(Cl)cc3)CC2)c1.Cl.Cl. The first-order chi connectivity index (χ1) is 24.4. The molecule has 3 unspecified atom stereocenters. The Hall–Kier alpha value is -2.50. The van der Waals surface area contributed by atoms with Crippen molar-refractivity contribution in [3.8, 4) is 0 Å². The number of hydrogen-bond acceptors (Lipinski definition) is 7. The van der Waals surface area contributed by atoms with Crippen molar-refractivity contribution < 1.29 is 19.4 Å². The third-order valence-electron chi connectivity index (χ3n) is 10.9. The fraction of sp³-hybridized carbons (Fsp3) is 0.405. The molecule has 8 rings (SSSR count). The lowest BCUT2D eigenvalue weighted by Gasteiger charge is -2.40. The number of aryl methyl sites for hydroxylation is 1. The number of carbonyl (C=O) groups is 1. The Balaban J connectivity index is 0.000000229. The van der Waals surface area contributed by atoms with Gasteiger partial charge in [-0.05, 0) is 48.4 Å². The average Bonchev–Trinajstić information content (AvgIpc) is 3.90. The van der Waals surface area contributed by atoms with Crippen LogP contribution in [0, 0.1) is 6.92 Å². The number of fused-ring (bicyclic) bond motifs is 5. The number of epoxide rings is 1. The summed E-state index contributed by atoms with van der Waals surface area (Å²) in [5, 5.41) is 10.3. The van der Waals surface area contributed by atoms with Gasteiger partial charge in [-0.1, -0.05) is 114 Å². The molecule has 7 nitrogen and oxygen atoms in total. The van der Waals surface area contributed by atoms with Gasteiger partial charge in [-0.15, -0.1) is 41.8 Å². The minimum atomic E-state index is -0.593. The van der Waals surface area contributed by atoms with Gasteiger partial charge in [0.15, 0.2) is 0 Å². The van der Waals surface area contributed by atoms with Gasteiger partial charge in [0.25, 0.3) is 0 Å². The molecule has 1 N–H and O–H groups in total. The predicted octanol–water partition coefficient (Wildman–Crippen LogP) is 7.90. The molecule has 4 aliphatic heterocycles. The lowest BCUT2D eigenvalue weighted by atomic mass is 9.96. The second-order valence-electron chi connectivity index (χ2n) is 14.2. The number of aliphatic hydroxyl groups excluding tert-OH is 1. The Morgan fingerprint density at radius 3 is 1.94 bits per heavy atom. The van der Waals surface area contributed by atoms with Gasteiger partial charge >= 0.3 is 5.97 Å². The van der Waals surface area contributed by atoms with Gasteiger partial charge in [-0.2, -0.15) is 0 Å². The van der Waals surface area contributed by atoms with Crippen LogP contribution in [-0.4, -0.2) is 96.0 Å². The van der Waals surface area contributed by atoms with Crippen LogP contribution in [0.1, 0.15) is 52.6 Å². The number of nitrogens with zero attached hydrogens (tertiary/aromatic N) is 3. The number of esters is 1. The molecule has 4 heterocycles. The topological polar surface area (TPSA) is 68.8 Å². The Morgan fingerprint density at radius 1 is 0.811 bits per heavy atom. The molecule has 0 amide bonds. The van der Waals surface area contributed by atoms with Crippen LogP contribution in [0.25, 0.3) is 0 Å². The van der Waals surface area contributed by atoms with E-state index in [9.17, 15) is 9.90 Å². The first kappa shape index (κ1) is 43.2. The summed E-state index contributed by atoms with van der Waals surface area (Å²) < 4.78 is 11.4. The van der Waals surface area contributed by atoms with E-state index in [1.54, 1.807) is 0 Å². The largest absolute Gasteiger partial charge is 0.462 e. The maximum atomic E-state index is 12.4. The number of aliphatic hydroxyl groups is 1. The molecule has 286 valence electrons. The average molecular weight is 848 g/mol. The van der Waals surface area contributed by atoms with Crippen LogP contribution < -0.4 is 0 Å². The number of likely N-dealkylation sites (N-methyl/N-ethyl adjacent to an activating group) is 1. The molecule has 11 heteroatoms. The zero-order chi connectivity index (χ0) is 34.6. The number of ether oxygens (including phenoxy) is 2. The van der Waals surface area contributed by atoms with E-state index in [4.69, 9.17) is 21.1 Å². The molecular weight excluding hydrogens is 797 g/mol. The molecule has 0 aliphatic carbocycles. The minimum absolute atomic E-state index is 0. The molecule has 4 saturated heterocycles. The van der Waals surface area contributed by atoms with E-state index >= 15 is 0 Å². The Bertz CT molecular complexity index is 1700. The Kier molecular flexibility index (Phi) is 16.2. The van der Waals surface area contributed by atoms with Gasteiger partial charge in [-0.3, -0.25) is 19.5 Å². The van der Waals surface area contributed by atoms with Crippen molar-refractivity contribution in [2.75, 3.05) is 39.8 Å². The molecular formula is C42H51BrCl3N3O4. The van der Waals surface area contributed by atoms with E-state index in [1.807, 2.05) is 42.5 Å². The number of halogens is 4. The standard InChI is InChI=1S/C25H27ClN2.C17H21NO4.BrH.2ClH/c1-20-6-5-7-21(18-20)19-27-14-16-28(17-15-27)25(22-8-3-2-4-9-22)23-10-12-24(26)13-11-23;1-18-13-7-11(8-14(18)16-15(13)22-16)21-17(20)12(9-19)10-5-3-2-4-6-10;;;/h2-13,18,25H,14-17,19H2,1H3;2-6,11-16,19H,7-9H2,1H3;3*1H/t;11?,12-,13?,14?,15-,16-;;;/m.1.../s1. The summed E-state index contributed by atoms with van der Waals surface area (Å²) in [5.74, 6) is -0.915. The number of hydrogen-bond donors (Lipinski definition) is 1. The van der Waals surface area contributed by atoms with E-state index in [0.29, 0.717) is 24.3 Å². The van der Waals surface area contributed by atoms with Gasteiger partial charge in [-0.25, -0.2) is 0 Å². The number of piperidine rings is 1. The molecule has 0 saturated carbocycles. The van der Waals surface area contributed by atoms with E-state index < -0.39 is 5.92 Å². The van der Waals surface area contributed by atoms with Crippen molar-refractivity contribution in [1.29, 1.82) is 0 Å². The third kappa shape index (κ3) is 10.4. The van der Waals surface area contributed by atoms with Crippen LogP contribution >= 0.6 is 53.4 Å². The highest BCUT2D eigenvalue weighted by Gasteiger charge is 2.62. The zero-order valence-corrected chi connectivity index (χ0v) is 34.3. The zero-order valence-electron chi connectivity index (χ0n) is 30.2. The molecule has 0 spiro atoms. The second kappa shape index (κ2) is 19.9. The summed E-state index contributed by atoms with van der Waals surface area (Å²) >= 11 is 6.14. The van der Waals surface area contributed by atoms with Crippen LogP contribution in [-0.2, 0) is 20.8 Å². The predicted molar refractivity (Wildman–Crippen MR) is 222 cm³/mol. The smallest absolute Gasteiger partial charge is 0.316 e. The molecule has 0 aromatic heterocycles. The van der Waals surface area contributed by atoms with Crippen molar-refractivity contribution in [2.24, 2.45) is 0 Å². The number of piperazine rings is 1. The number of benzene rings is 4. The summed E-state index contributed by atoms with van der Waals surface area (Å²) in [6.07, 6.45) is 2.26. The van der Waals surface area contributed by atoms with E-state index in [2.05, 4.69) is 95.4 Å². The van der Waals surface area contributed by atoms with Crippen molar-refractivity contribution in [3.63, 3.8) is 0 Å². The maximum absolute atomic E-state index is 12.4. The molecule has 0 radical (unpaired) electrons. The van der Waals surface area contributed by atoms with E-state index in [0.717, 1.165) is 56.2 Å². The van der Waals surface area contributed by atoms with Gasteiger partial charge in [0.2, 0.25) is 0 Å². The molecule has 6 atom stereocenters. The summed E-state index contributed by atoms with van der Waals surface area (Å²) in [4.78, 5) is 20.0. The first-order valence-corrected chi connectivity index (χ1v) is 18.3. The van der Waals surface area contributed by atoms with Crippen LogP contribution in [0.2, 0.25) is 5.02 Å². The quantitative estimate of drug-likeness (QED) is 0.136. The number of morpholine rings is 1. The van der Waals surface area contributed by atoms with Crippen LogP contribution in [0.4, 0.5) is 0 Å². The molecule has 53 heavy (non-hydrogen) atoms. The molecule has 4 fully saturated rings. The fourth-order valence-electron chi connectivity index (χ4n) is 8.19. The van der Waals surface area contributed by atoms with Crippen LogP contribution in [0.15, 0.2) is 109 Å². The highest BCUT2D eigenvalue weighted by molar-refractivity contribution is 8.93. The second-order valence-corrected chi connectivity index (χ2v) is 14.6. The van der Waals surface area contributed by atoms with Gasteiger partial charge in [0, 0.05) is 62.7 Å².